The Bertz CT molecular complexity index is 480. The molecule has 1 aromatic heterocycles. The molecule has 1 aliphatic rings. The molecule has 2 rings (SSSR count). The SMILES string of the molecule is CC(C)NCc1cn(CC(=O)NC(=O)NC2CC2)nn1. The number of hydrogen-bond donors (Lipinski definition) is 3. The average Bonchev–Trinajstić information content (AvgIpc) is 3.04. The Labute approximate surface area is 117 Å². The molecule has 0 radical (unpaired) electrons. The van der Waals surface area contributed by atoms with Gasteiger partial charge in [0.15, 0.2) is 0 Å². The van der Waals surface area contributed by atoms with Crippen LogP contribution in [0.2, 0.25) is 0 Å². The lowest BCUT2D eigenvalue weighted by atomic mass is 10.3. The zero-order chi connectivity index (χ0) is 14.5. The third kappa shape index (κ3) is 4.96. The molecule has 3 N–H and O–H groups in total. The highest BCUT2D eigenvalue weighted by molar-refractivity contribution is 5.94. The van der Waals surface area contributed by atoms with Crippen LogP contribution in [0.5, 0.6) is 0 Å². The van der Waals surface area contributed by atoms with Crippen molar-refractivity contribution in [2.24, 2.45) is 0 Å². The molecule has 0 spiro atoms. The fourth-order valence-electron chi connectivity index (χ4n) is 1.57. The molecular weight excluding hydrogens is 260 g/mol. The summed E-state index contributed by atoms with van der Waals surface area (Å²) in [4.78, 5) is 23.0. The predicted molar refractivity (Wildman–Crippen MR) is 71.7 cm³/mol. The first-order chi connectivity index (χ1) is 9.52. The highest BCUT2D eigenvalue weighted by atomic mass is 16.2. The number of rotatable bonds is 6. The summed E-state index contributed by atoms with van der Waals surface area (Å²) in [5.41, 5.74) is 0.758. The second-order valence-electron chi connectivity index (χ2n) is 5.24. The summed E-state index contributed by atoms with van der Waals surface area (Å²) in [7, 11) is 0. The van der Waals surface area contributed by atoms with E-state index in [2.05, 4.69) is 26.3 Å². The fourth-order valence-corrected chi connectivity index (χ4v) is 1.57. The topological polar surface area (TPSA) is 101 Å². The number of carbonyl (C=O) groups is 2. The molecule has 0 aromatic carbocycles. The van der Waals surface area contributed by atoms with E-state index < -0.39 is 11.9 Å². The molecule has 0 aliphatic heterocycles. The van der Waals surface area contributed by atoms with Crippen LogP contribution in [0.1, 0.15) is 32.4 Å². The van der Waals surface area contributed by atoms with Gasteiger partial charge >= 0.3 is 6.03 Å². The largest absolute Gasteiger partial charge is 0.335 e. The minimum atomic E-state index is -0.445. The quantitative estimate of drug-likeness (QED) is 0.668. The number of nitrogens with one attached hydrogen (secondary N) is 3. The number of imide groups is 1. The number of hydrogen-bond acceptors (Lipinski definition) is 5. The van der Waals surface area contributed by atoms with Gasteiger partial charge in [-0.3, -0.25) is 10.1 Å². The molecular formula is C12H20N6O2. The van der Waals surface area contributed by atoms with Gasteiger partial charge in [0.25, 0.3) is 0 Å². The van der Waals surface area contributed by atoms with E-state index in [4.69, 9.17) is 0 Å². The lowest BCUT2D eigenvalue weighted by Crippen LogP contribution is -2.41. The summed E-state index contributed by atoms with van der Waals surface area (Å²) in [6.45, 7) is 4.65. The van der Waals surface area contributed by atoms with Gasteiger partial charge in [-0.25, -0.2) is 9.48 Å². The standard InChI is InChI=1S/C12H20N6O2/c1-8(2)13-5-10-6-18(17-16-10)7-11(19)15-12(20)14-9-3-4-9/h6,8-9,13H,3-5,7H2,1-2H3,(H2,14,15,19,20). The zero-order valence-electron chi connectivity index (χ0n) is 11.7. The van der Waals surface area contributed by atoms with E-state index in [9.17, 15) is 9.59 Å². The molecule has 20 heavy (non-hydrogen) atoms. The monoisotopic (exact) mass is 280 g/mol. The second kappa shape index (κ2) is 6.47. The van der Waals surface area contributed by atoms with Crippen LogP contribution in [0.3, 0.4) is 0 Å². The Balaban J connectivity index is 1.74. The van der Waals surface area contributed by atoms with Gasteiger partial charge in [0.05, 0.1) is 11.9 Å². The first-order valence-electron chi connectivity index (χ1n) is 6.75. The van der Waals surface area contributed by atoms with Crippen molar-refractivity contribution in [2.45, 2.75) is 51.9 Å². The molecule has 1 fully saturated rings. The molecule has 110 valence electrons. The van der Waals surface area contributed by atoms with Gasteiger partial charge in [-0.1, -0.05) is 19.1 Å². The van der Waals surface area contributed by atoms with E-state index in [-0.39, 0.29) is 12.6 Å². The molecule has 0 atom stereocenters. The number of urea groups is 1. The summed E-state index contributed by atoms with van der Waals surface area (Å²) < 4.78 is 1.41. The van der Waals surface area contributed by atoms with Crippen LogP contribution in [0.25, 0.3) is 0 Å². The van der Waals surface area contributed by atoms with Gasteiger partial charge < -0.3 is 10.6 Å². The van der Waals surface area contributed by atoms with Gasteiger partial charge in [-0.2, -0.15) is 0 Å². The molecule has 8 heteroatoms. The smallest absolute Gasteiger partial charge is 0.321 e. The third-order valence-corrected chi connectivity index (χ3v) is 2.75. The first kappa shape index (κ1) is 14.4. The van der Waals surface area contributed by atoms with Gasteiger partial charge in [0.1, 0.15) is 6.54 Å². The van der Waals surface area contributed by atoms with Crippen LogP contribution >= 0.6 is 0 Å². The lowest BCUT2D eigenvalue weighted by molar-refractivity contribution is -0.120. The van der Waals surface area contributed by atoms with E-state index in [0.717, 1.165) is 18.5 Å². The van der Waals surface area contributed by atoms with Crippen molar-refractivity contribution in [3.8, 4) is 0 Å². The molecule has 0 unspecified atom stereocenters. The third-order valence-electron chi connectivity index (χ3n) is 2.75. The van der Waals surface area contributed by atoms with Gasteiger partial charge in [-0.15, -0.1) is 5.10 Å². The highest BCUT2D eigenvalue weighted by Crippen LogP contribution is 2.18. The van der Waals surface area contributed by atoms with E-state index in [1.807, 2.05) is 13.8 Å². The van der Waals surface area contributed by atoms with Crippen molar-refractivity contribution < 1.29 is 9.59 Å². The molecule has 1 heterocycles. The number of carbonyl (C=O) groups excluding carboxylic acids is 2. The lowest BCUT2D eigenvalue weighted by Gasteiger charge is -2.05. The summed E-state index contributed by atoms with van der Waals surface area (Å²) in [5, 5.41) is 16.0. The van der Waals surface area contributed by atoms with Crippen LogP contribution < -0.4 is 16.0 Å². The fraction of sp³-hybridized carbons (Fsp3) is 0.667. The maximum atomic E-state index is 11.6. The van der Waals surface area contributed by atoms with Crippen molar-refractivity contribution in [1.82, 2.24) is 30.9 Å². The number of amides is 3. The molecule has 0 saturated heterocycles. The van der Waals surface area contributed by atoms with Crippen molar-refractivity contribution in [3.63, 3.8) is 0 Å². The maximum Gasteiger partial charge on any atom is 0.321 e. The molecule has 1 saturated carbocycles. The van der Waals surface area contributed by atoms with E-state index in [1.165, 1.54) is 4.68 Å². The first-order valence-corrected chi connectivity index (χ1v) is 6.75. The Morgan fingerprint density at radius 2 is 2.20 bits per heavy atom. The van der Waals surface area contributed by atoms with Crippen molar-refractivity contribution >= 4 is 11.9 Å². The molecule has 3 amide bonds. The van der Waals surface area contributed by atoms with E-state index in [1.54, 1.807) is 6.20 Å². The normalized spacial score (nSPS) is 14.3. The Morgan fingerprint density at radius 1 is 1.45 bits per heavy atom. The Kier molecular flexibility index (Phi) is 4.67. The minimum Gasteiger partial charge on any atom is -0.335 e. The summed E-state index contributed by atoms with van der Waals surface area (Å²) in [6, 6.07) is 0.136. The van der Waals surface area contributed by atoms with Crippen LogP contribution in [-0.4, -0.2) is 39.0 Å². The number of nitrogens with zero attached hydrogens (tertiary/aromatic N) is 3. The minimum absolute atomic E-state index is 0.0211. The van der Waals surface area contributed by atoms with E-state index >= 15 is 0 Å². The van der Waals surface area contributed by atoms with Gasteiger partial charge in [0, 0.05) is 18.6 Å². The van der Waals surface area contributed by atoms with Crippen LogP contribution in [0.15, 0.2) is 6.20 Å². The second-order valence-corrected chi connectivity index (χ2v) is 5.24. The van der Waals surface area contributed by atoms with Crippen LogP contribution in [0.4, 0.5) is 4.79 Å². The van der Waals surface area contributed by atoms with Crippen molar-refractivity contribution in [1.29, 1.82) is 0 Å². The number of aromatic nitrogens is 3. The van der Waals surface area contributed by atoms with Crippen molar-refractivity contribution in [3.05, 3.63) is 11.9 Å². The summed E-state index contributed by atoms with van der Waals surface area (Å²) in [6.07, 6.45) is 3.65. The Morgan fingerprint density at radius 3 is 2.85 bits per heavy atom. The molecule has 1 aliphatic carbocycles. The average molecular weight is 280 g/mol. The summed E-state index contributed by atoms with van der Waals surface area (Å²) >= 11 is 0. The van der Waals surface area contributed by atoms with Gasteiger partial charge in [0.2, 0.25) is 5.91 Å². The predicted octanol–water partition coefficient (Wildman–Crippen LogP) is -0.236. The highest BCUT2D eigenvalue weighted by Gasteiger charge is 2.23. The molecule has 8 nitrogen and oxygen atoms in total. The maximum absolute atomic E-state index is 11.6. The van der Waals surface area contributed by atoms with E-state index in [0.29, 0.717) is 12.6 Å². The summed E-state index contributed by atoms with van der Waals surface area (Å²) in [5.74, 6) is -0.406. The van der Waals surface area contributed by atoms with Crippen molar-refractivity contribution in [2.75, 3.05) is 0 Å². The molecule has 1 aromatic rings. The van der Waals surface area contributed by atoms with Gasteiger partial charge in [-0.05, 0) is 12.8 Å². The zero-order valence-corrected chi connectivity index (χ0v) is 11.7. The molecule has 0 bridgehead atoms. The van der Waals surface area contributed by atoms with Crippen LogP contribution in [-0.2, 0) is 17.9 Å². The van der Waals surface area contributed by atoms with Crippen LogP contribution in [0, 0.1) is 0 Å². The Hall–Kier alpha value is -1.96.